The number of benzene rings is 3. The molecule has 3 atom stereocenters. The van der Waals surface area contributed by atoms with Crippen LogP contribution in [0.1, 0.15) is 54.4 Å². The Bertz CT molecular complexity index is 1460. The second-order valence-electron chi connectivity index (χ2n) is 9.78. The number of ether oxygens (including phenoxy) is 5. The number of anilines is 1. The summed E-state index contributed by atoms with van der Waals surface area (Å²) >= 11 is 0. The van der Waals surface area contributed by atoms with Gasteiger partial charge in [0.05, 0.1) is 25.2 Å². The maximum atomic E-state index is 13.3. The molecule has 0 spiro atoms. The number of methoxy groups -OCH3 is 2. The Labute approximate surface area is 222 Å². The Morgan fingerprint density at radius 1 is 0.842 bits per heavy atom. The van der Waals surface area contributed by atoms with Gasteiger partial charge in [-0.1, -0.05) is 25.0 Å². The van der Waals surface area contributed by atoms with Gasteiger partial charge in [0.1, 0.15) is 30.8 Å². The standard InChI is InChI=1S/C29H31NO7S/c1-33-24-12-13-25(34-2)28-27(24)21-8-3-4-9-22(21)37-29(28)18-6-5-7-19(16-18)30-38(31,32)20-10-11-23-26(17-20)36-15-14-35-23/h5-7,10-13,16-17,21-22,29-30H,3-4,8-9,14-15H2,1-2H3/t21-,22+,29-/m0/s1. The zero-order chi connectivity index (χ0) is 26.3. The molecule has 1 N–H and O–H groups in total. The highest BCUT2D eigenvalue weighted by Crippen LogP contribution is 2.53. The minimum Gasteiger partial charge on any atom is -0.496 e. The molecule has 1 aliphatic carbocycles. The average molecular weight is 538 g/mol. The van der Waals surface area contributed by atoms with Crippen molar-refractivity contribution in [3.8, 4) is 23.0 Å². The van der Waals surface area contributed by atoms with Crippen LogP contribution >= 0.6 is 0 Å². The molecule has 200 valence electrons. The number of hydrogen-bond acceptors (Lipinski definition) is 7. The third-order valence-electron chi connectivity index (χ3n) is 7.56. The first kappa shape index (κ1) is 24.9. The topological polar surface area (TPSA) is 92.3 Å². The molecule has 3 aromatic rings. The zero-order valence-corrected chi connectivity index (χ0v) is 22.3. The van der Waals surface area contributed by atoms with E-state index < -0.39 is 16.1 Å². The van der Waals surface area contributed by atoms with Crippen molar-refractivity contribution >= 4 is 15.7 Å². The van der Waals surface area contributed by atoms with Crippen molar-refractivity contribution in [1.82, 2.24) is 0 Å². The Hall–Kier alpha value is -3.43. The lowest BCUT2D eigenvalue weighted by atomic mass is 9.75. The van der Waals surface area contributed by atoms with E-state index in [1.165, 1.54) is 12.1 Å². The van der Waals surface area contributed by atoms with Crippen LogP contribution in [0.5, 0.6) is 23.0 Å². The van der Waals surface area contributed by atoms with E-state index in [2.05, 4.69) is 4.72 Å². The van der Waals surface area contributed by atoms with E-state index in [-0.39, 0.29) is 16.9 Å². The van der Waals surface area contributed by atoms with Crippen molar-refractivity contribution in [2.24, 2.45) is 0 Å². The monoisotopic (exact) mass is 537 g/mol. The van der Waals surface area contributed by atoms with Gasteiger partial charge in [-0.25, -0.2) is 8.42 Å². The van der Waals surface area contributed by atoms with E-state index in [1.807, 2.05) is 30.3 Å². The van der Waals surface area contributed by atoms with Gasteiger partial charge in [-0.3, -0.25) is 4.72 Å². The van der Waals surface area contributed by atoms with E-state index in [4.69, 9.17) is 23.7 Å². The molecule has 6 rings (SSSR count). The van der Waals surface area contributed by atoms with E-state index in [0.29, 0.717) is 30.4 Å². The molecule has 3 aromatic carbocycles. The van der Waals surface area contributed by atoms with Gasteiger partial charge in [0.15, 0.2) is 11.5 Å². The van der Waals surface area contributed by atoms with E-state index in [1.54, 1.807) is 26.4 Å². The fourth-order valence-corrected chi connectivity index (χ4v) is 6.92. The lowest BCUT2D eigenvalue weighted by Gasteiger charge is -2.42. The molecule has 9 heteroatoms. The summed E-state index contributed by atoms with van der Waals surface area (Å²) in [4.78, 5) is 0.0999. The van der Waals surface area contributed by atoms with Gasteiger partial charge in [0, 0.05) is 28.8 Å². The average Bonchev–Trinajstić information content (AvgIpc) is 2.95. The van der Waals surface area contributed by atoms with Crippen LogP contribution in [-0.4, -0.2) is 42.0 Å². The summed E-state index contributed by atoms with van der Waals surface area (Å²) in [6.07, 6.45) is 3.89. The maximum Gasteiger partial charge on any atom is 0.262 e. The van der Waals surface area contributed by atoms with Crippen molar-refractivity contribution in [2.45, 2.75) is 48.7 Å². The third kappa shape index (κ3) is 4.43. The van der Waals surface area contributed by atoms with E-state index in [0.717, 1.165) is 53.9 Å². The second kappa shape index (κ2) is 10.0. The van der Waals surface area contributed by atoms with Crippen LogP contribution in [0.2, 0.25) is 0 Å². The Balaban J connectivity index is 1.36. The molecule has 38 heavy (non-hydrogen) atoms. The summed E-state index contributed by atoms with van der Waals surface area (Å²) in [5, 5.41) is 0. The third-order valence-corrected chi connectivity index (χ3v) is 8.94. The zero-order valence-electron chi connectivity index (χ0n) is 21.4. The number of fused-ring (bicyclic) bond motifs is 4. The van der Waals surface area contributed by atoms with Crippen molar-refractivity contribution in [1.29, 1.82) is 0 Å². The highest BCUT2D eigenvalue weighted by molar-refractivity contribution is 7.92. The quantitative estimate of drug-likeness (QED) is 0.449. The molecule has 0 radical (unpaired) electrons. The van der Waals surface area contributed by atoms with E-state index >= 15 is 0 Å². The summed E-state index contributed by atoms with van der Waals surface area (Å²) in [7, 11) is -0.520. The first-order valence-corrected chi connectivity index (χ1v) is 14.4. The van der Waals surface area contributed by atoms with Crippen LogP contribution in [0.15, 0.2) is 59.5 Å². The Morgan fingerprint density at radius 3 is 2.37 bits per heavy atom. The summed E-state index contributed by atoms with van der Waals surface area (Å²) in [5.41, 5.74) is 3.36. The molecule has 1 saturated carbocycles. The summed E-state index contributed by atoms with van der Waals surface area (Å²) in [5.74, 6) is 2.76. The van der Waals surface area contributed by atoms with Gasteiger partial charge in [0.2, 0.25) is 0 Å². The SMILES string of the molecule is COc1ccc(OC)c2c1[C@H](c1cccc(NS(=O)(=O)c3ccc4c(c3)OCCO4)c1)O[C@@H]1CCCC[C@H]21. The van der Waals surface area contributed by atoms with Crippen LogP contribution in [0.4, 0.5) is 5.69 Å². The molecule has 3 aliphatic rings. The predicted octanol–water partition coefficient (Wildman–Crippen LogP) is 5.42. The van der Waals surface area contributed by atoms with Gasteiger partial charge >= 0.3 is 0 Å². The molecule has 0 saturated heterocycles. The highest BCUT2D eigenvalue weighted by Gasteiger charge is 2.41. The molecule has 1 fully saturated rings. The van der Waals surface area contributed by atoms with Crippen LogP contribution < -0.4 is 23.7 Å². The molecule has 0 bridgehead atoms. The number of rotatable bonds is 6. The van der Waals surface area contributed by atoms with Crippen molar-refractivity contribution in [3.05, 3.63) is 71.3 Å². The van der Waals surface area contributed by atoms with Crippen LogP contribution in [0.25, 0.3) is 0 Å². The summed E-state index contributed by atoms with van der Waals surface area (Å²) < 4.78 is 58.7. The van der Waals surface area contributed by atoms with Crippen molar-refractivity contribution in [3.63, 3.8) is 0 Å². The lowest BCUT2D eigenvalue weighted by molar-refractivity contribution is -0.0406. The Kier molecular flexibility index (Phi) is 6.57. The second-order valence-corrected chi connectivity index (χ2v) is 11.5. The van der Waals surface area contributed by atoms with E-state index in [9.17, 15) is 8.42 Å². The van der Waals surface area contributed by atoms with Crippen molar-refractivity contribution in [2.75, 3.05) is 32.2 Å². The van der Waals surface area contributed by atoms with Gasteiger partial charge < -0.3 is 23.7 Å². The molecule has 2 aliphatic heterocycles. The lowest BCUT2D eigenvalue weighted by Crippen LogP contribution is -2.34. The number of nitrogens with one attached hydrogen (secondary N) is 1. The van der Waals surface area contributed by atoms with Crippen LogP contribution in [0, 0.1) is 0 Å². The Morgan fingerprint density at radius 2 is 1.58 bits per heavy atom. The number of hydrogen-bond donors (Lipinski definition) is 1. The molecular weight excluding hydrogens is 506 g/mol. The molecule has 2 heterocycles. The molecular formula is C29H31NO7S. The fraction of sp³-hybridized carbons (Fsp3) is 0.379. The highest BCUT2D eigenvalue weighted by atomic mass is 32.2. The fourth-order valence-electron chi connectivity index (χ4n) is 5.85. The van der Waals surface area contributed by atoms with Gasteiger partial charge in [0.25, 0.3) is 10.0 Å². The molecule has 0 unspecified atom stereocenters. The van der Waals surface area contributed by atoms with Gasteiger partial charge in [-0.2, -0.15) is 0 Å². The first-order chi connectivity index (χ1) is 18.5. The molecule has 0 amide bonds. The minimum atomic E-state index is -3.87. The predicted molar refractivity (Wildman–Crippen MR) is 142 cm³/mol. The van der Waals surface area contributed by atoms with Crippen LogP contribution in [0.3, 0.4) is 0 Å². The summed E-state index contributed by atoms with van der Waals surface area (Å²) in [6.45, 7) is 0.819. The minimum absolute atomic E-state index is 0.0559. The largest absolute Gasteiger partial charge is 0.496 e. The molecule has 0 aromatic heterocycles. The van der Waals surface area contributed by atoms with Gasteiger partial charge in [-0.15, -0.1) is 0 Å². The van der Waals surface area contributed by atoms with Gasteiger partial charge in [-0.05, 0) is 54.8 Å². The number of sulfonamides is 1. The molecule has 8 nitrogen and oxygen atoms in total. The van der Waals surface area contributed by atoms with Crippen LogP contribution in [-0.2, 0) is 14.8 Å². The first-order valence-electron chi connectivity index (χ1n) is 12.9. The van der Waals surface area contributed by atoms with Crippen molar-refractivity contribution < 1.29 is 32.1 Å². The normalized spacial score (nSPS) is 22.1. The summed E-state index contributed by atoms with van der Waals surface area (Å²) in [6, 6.07) is 15.8. The maximum absolute atomic E-state index is 13.3. The smallest absolute Gasteiger partial charge is 0.262 e.